The molecule has 4 aliphatic rings. The van der Waals surface area contributed by atoms with Crippen molar-refractivity contribution in [2.45, 2.75) is 57.0 Å². The number of anilines is 2. The van der Waals surface area contributed by atoms with Crippen LogP contribution in [-0.4, -0.2) is 59.0 Å². The maximum absolute atomic E-state index is 14.4. The number of nitrogens with zero attached hydrogens (tertiary/aromatic N) is 4. The Labute approximate surface area is 282 Å². The van der Waals surface area contributed by atoms with Gasteiger partial charge in [-0.25, -0.2) is 4.21 Å². The van der Waals surface area contributed by atoms with Crippen LogP contribution in [0.15, 0.2) is 71.2 Å². The van der Waals surface area contributed by atoms with Crippen LogP contribution in [0.2, 0.25) is 5.02 Å². The smallest absolute Gasteiger partial charge is 0.286 e. The molecule has 2 bridgehead atoms. The molecule has 7 rings (SSSR count). The van der Waals surface area contributed by atoms with Crippen LogP contribution in [0.25, 0.3) is 0 Å². The summed E-state index contributed by atoms with van der Waals surface area (Å²) in [5.74, 6) is 1.45. The van der Waals surface area contributed by atoms with E-state index in [1.807, 2.05) is 25.1 Å². The summed E-state index contributed by atoms with van der Waals surface area (Å²) >= 11 is 6.45. The van der Waals surface area contributed by atoms with Gasteiger partial charge in [0.1, 0.15) is 15.7 Å². The van der Waals surface area contributed by atoms with E-state index in [0.29, 0.717) is 36.2 Å². The highest BCUT2D eigenvalue weighted by atomic mass is 35.5. The number of rotatable bonds is 3. The molecule has 6 atom stereocenters. The second-order valence-corrected chi connectivity index (χ2v) is 16.1. The van der Waals surface area contributed by atoms with Gasteiger partial charge in [-0.3, -0.25) is 9.52 Å². The average Bonchev–Trinajstić information content (AvgIpc) is 3.19. The van der Waals surface area contributed by atoms with Crippen molar-refractivity contribution in [3.05, 3.63) is 88.6 Å². The van der Waals surface area contributed by atoms with Gasteiger partial charge in [-0.1, -0.05) is 36.7 Å². The zero-order valence-electron chi connectivity index (χ0n) is 26.9. The summed E-state index contributed by atoms with van der Waals surface area (Å²) in [4.78, 5) is 16.3. The summed E-state index contributed by atoms with van der Waals surface area (Å²) in [7, 11) is -1.46. The van der Waals surface area contributed by atoms with Crippen molar-refractivity contribution in [3.8, 4) is 5.75 Å². The predicted octanol–water partition coefficient (Wildman–Crippen LogP) is 6.88. The molecular formula is C36H42ClN5O4S. The lowest BCUT2D eigenvalue weighted by molar-refractivity contribution is 0.0131. The number of hydrogen-bond donors (Lipinski definition) is 1. The predicted molar refractivity (Wildman–Crippen MR) is 186 cm³/mol. The first kappa shape index (κ1) is 32.1. The summed E-state index contributed by atoms with van der Waals surface area (Å²) in [6, 6.07) is 15.1. The molecule has 0 radical (unpaired) electrons. The molecule has 2 aliphatic heterocycles. The number of hydrogen-bond acceptors (Lipinski definition) is 7. The van der Waals surface area contributed by atoms with Gasteiger partial charge in [-0.05, 0) is 110 Å². The van der Waals surface area contributed by atoms with E-state index in [-0.39, 0.29) is 23.2 Å². The van der Waals surface area contributed by atoms with E-state index >= 15 is 0 Å². The summed E-state index contributed by atoms with van der Waals surface area (Å²) < 4.78 is 34.4. The number of aryl methyl sites for hydroxylation is 1. The van der Waals surface area contributed by atoms with Gasteiger partial charge in [0.15, 0.2) is 5.82 Å². The maximum Gasteiger partial charge on any atom is 0.286 e. The standard InChI is InChI=1S/C36H42ClN5O4S/c1-24-6-3-8-32(45-2)29-13-10-27(29)20-42-22-36(16-4-7-25-18-28(37)12-14-30(25)36)23-46-33-15-11-26(19-31(33)42)35(43)41-47(44,21-24)40-34-9-5-17-38-39-34/h3,5,8-9,11-12,14-15,17-19,24,27,29,32H,4,6-7,10,13,16,20-23H2,1-2H3,(H,39,40,41,43,44)/b8-3+/t24-,27-,29+,32-,36-,47?/m0/s1. The van der Waals surface area contributed by atoms with Crippen molar-refractivity contribution in [3.63, 3.8) is 0 Å². The fourth-order valence-electron chi connectivity index (χ4n) is 7.89. The number of halogens is 1. The third-order valence-electron chi connectivity index (χ3n) is 10.4. The molecule has 1 aromatic heterocycles. The van der Waals surface area contributed by atoms with Crippen molar-refractivity contribution in [1.82, 2.24) is 10.2 Å². The Morgan fingerprint density at radius 1 is 1.17 bits per heavy atom. The van der Waals surface area contributed by atoms with Gasteiger partial charge >= 0.3 is 0 Å². The highest BCUT2D eigenvalue weighted by Crippen LogP contribution is 2.47. The fourth-order valence-corrected chi connectivity index (χ4v) is 10.0. The molecule has 0 saturated heterocycles. The number of benzene rings is 2. The van der Waals surface area contributed by atoms with Gasteiger partial charge in [0.2, 0.25) is 0 Å². The summed E-state index contributed by atoms with van der Waals surface area (Å²) in [5.41, 5.74) is 3.60. The minimum Gasteiger partial charge on any atom is -0.490 e. The minimum atomic E-state index is -3.24. The molecule has 1 fully saturated rings. The van der Waals surface area contributed by atoms with Gasteiger partial charge in [0.05, 0.1) is 24.2 Å². The highest BCUT2D eigenvalue weighted by molar-refractivity contribution is 7.95. The number of nitrogens with one attached hydrogen (secondary N) is 1. The molecule has 1 N–H and O–H groups in total. The SMILES string of the molecule is CO[C@H]1/C=C/C[C@H](C)CS(=O)(Nc2cccnn2)=NC(=O)c2ccc3c(c2)N(C[C@@H]2CC[C@H]21)C[C@@]1(CCCc2cc(Cl)ccc21)CO3. The molecule has 1 unspecified atom stereocenters. The number of fused-ring (bicyclic) bond motifs is 4. The van der Waals surface area contributed by atoms with E-state index in [1.165, 1.54) is 11.1 Å². The van der Waals surface area contributed by atoms with Gasteiger partial charge in [-0.2, -0.15) is 5.10 Å². The monoisotopic (exact) mass is 675 g/mol. The van der Waals surface area contributed by atoms with E-state index in [2.05, 4.69) is 48.5 Å². The number of methoxy groups -OCH3 is 1. The Balaban J connectivity index is 1.32. The molecule has 1 amide bonds. The lowest BCUT2D eigenvalue weighted by Crippen LogP contribution is -2.49. The second kappa shape index (κ2) is 13.2. The van der Waals surface area contributed by atoms with Crippen LogP contribution in [-0.2, 0) is 26.5 Å². The first-order chi connectivity index (χ1) is 22.7. The Kier molecular flexibility index (Phi) is 9.02. The summed E-state index contributed by atoms with van der Waals surface area (Å²) in [6.45, 7) is 4.12. The van der Waals surface area contributed by atoms with Gasteiger partial charge < -0.3 is 14.4 Å². The van der Waals surface area contributed by atoms with Crippen LogP contribution in [0.3, 0.4) is 0 Å². The first-order valence-electron chi connectivity index (χ1n) is 16.6. The van der Waals surface area contributed by atoms with E-state index in [1.54, 1.807) is 31.5 Å². The van der Waals surface area contributed by atoms with E-state index < -0.39 is 15.8 Å². The highest BCUT2D eigenvalue weighted by Gasteiger charge is 2.44. The number of carbonyl (C=O) groups excluding carboxylic acids is 1. The summed E-state index contributed by atoms with van der Waals surface area (Å²) in [5, 5.41) is 8.71. The normalized spacial score (nSPS) is 31.3. The number of amides is 1. The zero-order valence-corrected chi connectivity index (χ0v) is 28.5. The van der Waals surface area contributed by atoms with Crippen LogP contribution < -0.4 is 14.4 Å². The maximum atomic E-state index is 14.4. The molecule has 47 heavy (non-hydrogen) atoms. The first-order valence-corrected chi connectivity index (χ1v) is 18.7. The number of aromatic nitrogens is 2. The lowest BCUT2D eigenvalue weighted by atomic mass is 9.68. The summed E-state index contributed by atoms with van der Waals surface area (Å²) in [6.07, 6.45) is 11.8. The van der Waals surface area contributed by atoms with Gasteiger partial charge in [0.25, 0.3) is 5.91 Å². The van der Waals surface area contributed by atoms with E-state index in [0.717, 1.165) is 61.7 Å². The van der Waals surface area contributed by atoms with E-state index in [9.17, 15) is 9.00 Å². The van der Waals surface area contributed by atoms with Crippen molar-refractivity contribution in [1.29, 1.82) is 0 Å². The Bertz CT molecular complexity index is 1800. The largest absolute Gasteiger partial charge is 0.490 e. The molecule has 2 aliphatic carbocycles. The molecule has 3 aromatic rings. The van der Waals surface area contributed by atoms with E-state index in [4.69, 9.17) is 21.1 Å². The van der Waals surface area contributed by atoms with Crippen molar-refractivity contribution in [2.24, 2.45) is 22.1 Å². The van der Waals surface area contributed by atoms with Gasteiger partial charge in [0, 0.05) is 42.4 Å². The van der Waals surface area contributed by atoms with Gasteiger partial charge in [-0.15, -0.1) is 9.46 Å². The van der Waals surface area contributed by atoms with Crippen LogP contribution in [0.5, 0.6) is 5.75 Å². The third-order valence-corrected chi connectivity index (χ3v) is 12.6. The van der Waals surface area contributed by atoms with Crippen molar-refractivity contribution in [2.75, 3.05) is 42.2 Å². The number of allylic oxidation sites excluding steroid dienone is 1. The zero-order chi connectivity index (χ0) is 32.6. The Morgan fingerprint density at radius 2 is 2.06 bits per heavy atom. The topological polar surface area (TPSA) is 106 Å². The van der Waals surface area contributed by atoms with Crippen LogP contribution in [0.4, 0.5) is 11.5 Å². The molecule has 9 nitrogen and oxygen atoms in total. The lowest BCUT2D eigenvalue weighted by Gasteiger charge is -2.46. The minimum absolute atomic E-state index is 0.0114. The Morgan fingerprint density at radius 3 is 2.85 bits per heavy atom. The van der Waals surface area contributed by atoms with Crippen molar-refractivity contribution < 1.29 is 18.5 Å². The molecular weight excluding hydrogens is 634 g/mol. The molecule has 2 aromatic carbocycles. The number of carbonyl (C=O) groups is 1. The number of ether oxygens (including phenoxy) is 2. The Hall–Kier alpha value is -3.47. The van der Waals surface area contributed by atoms with Crippen LogP contribution in [0.1, 0.15) is 60.5 Å². The van der Waals surface area contributed by atoms with Crippen LogP contribution >= 0.6 is 11.6 Å². The molecule has 248 valence electrons. The molecule has 1 saturated carbocycles. The quantitative estimate of drug-likeness (QED) is 0.302. The molecule has 3 heterocycles. The third kappa shape index (κ3) is 6.65. The van der Waals surface area contributed by atoms with Crippen molar-refractivity contribution >= 4 is 38.9 Å². The van der Waals surface area contributed by atoms with Crippen LogP contribution in [0, 0.1) is 17.8 Å². The molecule has 11 heteroatoms. The molecule has 1 spiro atoms. The second-order valence-electron chi connectivity index (χ2n) is 13.7. The average molecular weight is 676 g/mol. The fraction of sp³-hybridized carbons (Fsp3) is 0.472.